The summed E-state index contributed by atoms with van der Waals surface area (Å²) in [5, 5.41) is 0. The van der Waals surface area contributed by atoms with Crippen molar-refractivity contribution < 1.29 is 25.9 Å². The van der Waals surface area contributed by atoms with Gasteiger partial charge in [0.1, 0.15) is 0 Å². The van der Waals surface area contributed by atoms with Gasteiger partial charge in [0.25, 0.3) is 20.2 Å². The highest BCUT2D eigenvalue weighted by atomic mass is 32.2. The maximum atomic E-state index is 10.4. The Kier molecular flexibility index (Phi) is 23.5. The lowest BCUT2D eigenvalue weighted by Crippen LogP contribution is -2.03. The number of unbranched alkanes of at least 4 members (excludes halogenated alkanes) is 16. The maximum absolute atomic E-state index is 10.4. The molecule has 2 N–H and O–H groups in total. The third kappa shape index (κ3) is 35.3. The highest BCUT2D eigenvalue weighted by Crippen LogP contribution is 2.11. The van der Waals surface area contributed by atoms with Crippen molar-refractivity contribution in [3.8, 4) is 0 Å². The van der Waals surface area contributed by atoms with Crippen LogP contribution in [-0.2, 0) is 20.2 Å². The fraction of sp³-hybridized carbons (Fsp3) is 1.00. The minimum Gasteiger partial charge on any atom is -0.286 e. The van der Waals surface area contributed by atoms with Crippen molar-refractivity contribution in [3.63, 3.8) is 0 Å². The van der Waals surface area contributed by atoms with Crippen LogP contribution in [0.25, 0.3) is 0 Å². The van der Waals surface area contributed by atoms with Gasteiger partial charge in [-0.1, -0.05) is 117 Å². The van der Waals surface area contributed by atoms with E-state index in [4.69, 9.17) is 9.11 Å². The van der Waals surface area contributed by atoms with E-state index in [1.807, 2.05) is 0 Å². The predicted octanol–water partition coefficient (Wildman–Crippen LogP) is 6.81. The van der Waals surface area contributed by atoms with Crippen LogP contribution in [0.2, 0.25) is 0 Å². The molecule has 0 saturated carbocycles. The lowest BCUT2D eigenvalue weighted by molar-refractivity contribution is 0.476. The Morgan fingerprint density at radius 2 is 0.600 bits per heavy atom. The molecule has 0 fully saturated rings. The Labute approximate surface area is 187 Å². The molecule has 0 aromatic rings. The Hall–Kier alpha value is -0.180. The quantitative estimate of drug-likeness (QED) is 0.149. The largest absolute Gasteiger partial charge is 0.286 e. The van der Waals surface area contributed by atoms with Gasteiger partial charge < -0.3 is 0 Å². The molecule has 0 amide bonds. The van der Waals surface area contributed by atoms with E-state index in [-0.39, 0.29) is 11.5 Å². The van der Waals surface area contributed by atoms with Gasteiger partial charge in [-0.25, -0.2) is 0 Å². The van der Waals surface area contributed by atoms with Gasteiger partial charge in [-0.3, -0.25) is 9.11 Å². The van der Waals surface area contributed by atoms with Gasteiger partial charge in [0.2, 0.25) is 0 Å². The molecule has 0 unspecified atom stereocenters. The van der Waals surface area contributed by atoms with E-state index in [2.05, 4.69) is 13.8 Å². The first-order valence-corrected chi connectivity index (χ1v) is 15.2. The Morgan fingerprint density at radius 1 is 0.400 bits per heavy atom. The van der Waals surface area contributed by atoms with E-state index in [0.29, 0.717) is 12.8 Å². The molecule has 8 heteroatoms. The first kappa shape index (κ1) is 32.0. The summed E-state index contributed by atoms with van der Waals surface area (Å²) in [6.07, 6.45) is 20.5. The zero-order valence-electron chi connectivity index (χ0n) is 19.5. The summed E-state index contributed by atoms with van der Waals surface area (Å²) >= 11 is 0. The summed E-state index contributed by atoms with van der Waals surface area (Å²) in [6, 6.07) is 0. The van der Waals surface area contributed by atoms with E-state index < -0.39 is 20.2 Å². The van der Waals surface area contributed by atoms with Crippen LogP contribution in [0.3, 0.4) is 0 Å². The van der Waals surface area contributed by atoms with Gasteiger partial charge in [-0.05, 0) is 12.8 Å². The molecule has 0 aromatic carbocycles. The second kappa shape index (κ2) is 22.0. The molecule has 0 radical (unpaired) electrons. The first-order valence-electron chi connectivity index (χ1n) is 12.0. The van der Waals surface area contributed by atoms with Crippen LogP contribution in [0.1, 0.15) is 129 Å². The summed E-state index contributed by atoms with van der Waals surface area (Å²) in [7, 11) is -7.46. The lowest BCUT2D eigenvalue weighted by Gasteiger charge is -2.01. The molecular weight excluding hydrogens is 424 g/mol. The summed E-state index contributed by atoms with van der Waals surface area (Å²) in [6.45, 7) is 4.40. The molecule has 0 atom stereocenters. The zero-order valence-corrected chi connectivity index (χ0v) is 21.1. The molecule has 0 aliphatic rings. The third-order valence-electron chi connectivity index (χ3n) is 5.01. The molecule has 0 rings (SSSR count). The molecule has 0 aliphatic carbocycles. The monoisotopic (exact) mass is 472 g/mol. The SMILES string of the molecule is CCCCCCCCCCCCS(=O)(=O)O.CCCCCCCCCCS(=O)(=O)O. The smallest absolute Gasteiger partial charge is 0.264 e. The zero-order chi connectivity index (χ0) is 23.1. The van der Waals surface area contributed by atoms with Crippen LogP contribution in [0.5, 0.6) is 0 Å². The van der Waals surface area contributed by atoms with Crippen molar-refractivity contribution in [2.75, 3.05) is 11.5 Å². The van der Waals surface area contributed by atoms with Crippen LogP contribution >= 0.6 is 0 Å². The van der Waals surface area contributed by atoms with E-state index in [1.54, 1.807) is 0 Å². The van der Waals surface area contributed by atoms with Crippen LogP contribution < -0.4 is 0 Å². The third-order valence-corrected chi connectivity index (χ3v) is 6.62. The van der Waals surface area contributed by atoms with E-state index in [1.165, 1.54) is 77.0 Å². The molecular formula is C22H48O6S2. The summed E-state index contributed by atoms with van der Waals surface area (Å²) < 4.78 is 58.5. The van der Waals surface area contributed by atoms with Crippen LogP contribution in [0.15, 0.2) is 0 Å². The highest BCUT2D eigenvalue weighted by Gasteiger charge is 2.03. The van der Waals surface area contributed by atoms with Crippen molar-refractivity contribution >= 4 is 20.2 Å². The molecule has 0 spiro atoms. The number of hydrogen-bond acceptors (Lipinski definition) is 4. The summed E-state index contributed by atoms with van der Waals surface area (Å²) in [4.78, 5) is 0. The van der Waals surface area contributed by atoms with E-state index in [9.17, 15) is 16.8 Å². The molecule has 0 heterocycles. The van der Waals surface area contributed by atoms with Crippen molar-refractivity contribution in [1.82, 2.24) is 0 Å². The van der Waals surface area contributed by atoms with Crippen LogP contribution in [0.4, 0.5) is 0 Å². The van der Waals surface area contributed by atoms with E-state index >= 15 is 0 Å². The van der Waals surface area contributed by atoms with Crippen molar-refractivity contribution in [1.29, 1.82) is 0 Å². The Balaban J connectivity index is 0. The molecule has 0 aromatic heterocycles. The molecule has 184 valence electrons. The summed E-state index contributed by atoms with van der Waals surface area (Å²) in [5.41, 5.74) is 0. The normalized spacial score (nSPS) is 11.9. The van der Waals surface area contributed by atoms with Crippen molar-refractivity contribution in [3.05, 3.63) is 0 Å². The average Bonchev–Trinajstić information content (AvgIpc) is 2.64. The standard InChI is InChI=1S/C12H26O3S.C10H22O3S/c1-2-3-4-5-6-7-8-9-10-11-12-16(13,14)15;1-2-3-4-5-6-7-8-9-10-14(11,12)13/h2-12H2,1H3,(H,13,14,15);2-10H2,1H3,(H,11,12,13). The minimum absolute atomic E-state index is 0.0799. The summed E-state index contributed by atoms with van der Waals surface area (Å²) in [5.74, 6) is -0.161. The molecule has 6 nitrogen and oxygen atoms in total. The highest BCUT2D eigenvalue weighted by molar-refractivity contribution is 7.86. The second-order valence-electron chi connectivity index (χ2n) is 8.23. The molecule has 0 bridgehead atoms. The number of hydrogen-bond donors (Lipinski definition) is 2. The van der Waals surface area contributed by atoms with Gasteiger partial charge >= 0.3 is 0 Å². The molecule has 0 aliphatic heterocycles. The Morgan fingerprint density at radius 3 is 0.800 bits per heavy atom. The topological polar surface area (TPSA) is 109 Å². The fourth-order valence-electron chi connectivity index (χ4n) is 3.19. The molecule has 0 saturated heterocycles. The van der Waals surface area contributed by atoms with E-state index in [0.717, 1.165) is 25.7 Å². The minimum atomic E-state index is -3.73. The fourth-order valence-corrected chi connectivity index (χ4v) is 4.33. The van der Waals surface area contributed by atoms with Gasteiger partial charge in [-0.2, -0.15) is 16.8 Å². The predicted molar refractivity (Wildman–Crippen MR) is 127 cm³/mol. The second-order valence-corrected chi connectivity index (χ2v) is 11.4. The molecule has 30 heavy (non-hydrogen) atoms. The average molecular weight is 473 g/mol. The number of rotatable bonds is 20. The van der Waals surface area contributed by atoms with Crippen LogP contribution in [0, 0.1) is 0 Å². The van der Waals surface area contributed by atoms with Gasteiger partial charge in [-0.15, -0.1) is 0 Å². The van der Waals surface area contributed by atoms with Crippen LogP contribution in [-0.4, -0.2) is 37.4 Å². The van der Waals surface area contributed by atoms with Crippen molar-refractivity contribution in [2.45, 2.75) is 129 Å². The van der Waals surface area contributed by atoms with Crippen molar-refractivity contribution in [2.24, 2.45) is 0 Å². The maximum Gasteiger partial charge on any atom is 0.264 e. The lowest BCUT2D eigenvalue weighted by atomic mass is 10.1. The van der Waals surface area contributed by atoms with Gasteiger partial charge in [0, 0.05) is 0 Å². The first-order chi connectivity index (χ1) is 14.1. The van der Waals surface area contributed by atoms with Gasteiger partial charge in [0.05, 0.1) is 11.5 Å². The van der Waals surface area contributed by atoms with Gasteiger partial charge in [0.15, 0.2) is 0 Å². The Bertz CT molecular complexity index is 544.